The number of rotatable bonds is 8. The largest absolute Gasteiger partial charge is 0.484 e. The molecule has 1 aliphatic heterocycles. The van der Waals surface area contributed by atoms with Crippen LogP contribution in [0.1, 0.15) is 24.0 Å². The van der Waals surface area contributed by atoms with Gasteiger partial charge in [-0.05, 0) is 55.7 Å². The van der Waals surface area contributed by atoms with Crippen molar-refractivity contribution in [1.29, 1.82) is 5.26 Å². The van der Waals surface area contributed by atoms with E-state index in [4.69, 9.17) is 9.47 Å². The molecule has 1 heterocycles. The molecular formula is C24H25N3O4. The maximum Gasteiger partial charge on any atom is 0.262 e. The summed E-state index contributed by atoms with van der Waals surface area (Å²) >= 11 is 0. The number of amides is 2. The fourth-order valence-electron chi connectivity index (χ4n) is 3.07. The normalized spacial score (nSPS) is 15.7. The van der Waals surface area contributed by atoms with Gasteiger partial charge in [0.1, 0.15) is 17.4 Å². The molecule has 2 amide bonds. The second-order valence-corrected chi connectivity index (χ2v) is 7.29. The minimum absolute atomic E-state index is 0.0172. The summed E-state index contributed by atoms with van der Waals surface area (Å²) < 4.78 is 11.0. The number of carbonyl (C=O) groups excluding carboxylic acids is 2. The molecular weight excluding hydrogens is 394 g/mol. The van der Waals surface area contributed by atoms with Gasteiger partial charge in [0, 0.05) is 18.8 Å². The van der Waals surface area contributed by atoms with Gasteiger partial charge in [-0.3, -0.25) is 9.59 Å². The molecule has 1 atom stereocenters. The molecule has 0 bridgehead atoms. The van der Waals surface area contributed by atoms with Crippen LogP contribution < -0.4 is 15.4 Å². The fraction of sp³-hybridized carbons (Fsp3) is 0.292. The van der Waals surface area contributed by atoms with Crippen molar-refractivity contribution < 1.29 is 19.1 Å². The molecule has 0 spiro atoms. The van der Waals surface area contributed by atoms with E-state index in [9.17, 15) is 14.9 Å². The predicted molar refractivity (Wildman–Crippen MR) is 117 cm³/mol. The molecule has 7 heteroatoms. The highest BCUT2D eigenvalue weighted by molar-refractivity contribution is 6.01. The number of hydrogen-bond donors (Lipinski definition) is 2. The lowest BCUT2D eigenvalue weighted by molar-refractivity contribution is -0.118. The molecule has 1 saturated heterocycles. The zero-order valence-corrected chi connectivity index (χ0v) is 17.4. The van der Waals surface area contributed by atoms with Crippen molar-refractivity contribution in [1.82, 2.24) is 5.32 Å². The van der Waals surface area contributed by atoms with Gasteiger partial charge in [-0.1, -0.05) is 29.8 Å². The van der Waals surface area contributed by atoms with Crippen LogP contribution in [0.4, 0.5) is 5.69 Å². The minimum atomic E-state index is -0.425. The van der Waals surface area contributed by atoms with Crippen molar-refractivity contribution in [3.8, 4) is 11.8 Å². The summed E-state index contributed by atoms with van der Waals surface area (Å²) in [4.78, 5) is 24.2. The number of nitrogens with zero attached hydrogens (tertiary/aromatic N) is 1. The summed E-state index contributed by atoms with van der Waals surface area (Å²) in [5.41, 5.74) is 2.52. The maximum atomic E-state index is 12.2. The number of carbonyl (C=O) groups is 2. The van der Waals surface area contributed by atoms with Crippen LogP contribution in [-0.4, -0.2) is 37.7 Å². The van der Waals surface area contributed by atoms with Gasteiger partial charge in [-0.25, -0.2) is 0 Å². The zero-order valence-electron chi connectivity index (χ0n) is 17.4. The molecule has 2 aromatic carbocycles. The number of ether oxygens (including phenoxy) is 2. The molecule has 3 rings (SSSR count). The Hall–Kier alpha value is -3.63. The lowest BCUT2D eigenvalue weighted by atomic mass is 10.1. The predicted octanol–water partition coefficient (Wildman–Crippen LogP) is 3.21. The monoisotopic (exact) mass is 419 g/mol. The van der Waals surface area contributed by atoms with E-state index in [-0.39, 0.29) is 24.2 Å². The lowest BCUT2D eigenvalue weighted by Crippen LogP contribution is -2.32. The average Bonchev–Trinajstić information content (AvgIpc) is 3.30. The first-order chi connectivity index (χ1) is 15.0. The van der Waals surface area contributed by atoms with Crippen LogP contribution in [0.2, 0.25) is 0 Å². The van der Waals surface area contributed by atoms with Crippen molar-refractivity contribution in [3.05, 3.63) is 65.2 Å². The highest BCUT2D eigenvalue weighted by atomic mass is 16.5. The third-order valence-electron chi connectivity index (χ3n) is 4.78. The van der Waals surface area contributed by atoms with Crippen LogP contribution in [0.5, 0.6) is 5.75 Å². The fourth-order valence-corrected chi connectivity index (χ4v) is 3.07. The van der Waals surface area contributed by atoms with E-state index in [0.29, 0.717) is 30.2 Å². The molecule has 0 aromatic heterocycles. The molecule has 0 radical (unpaired) electrons. The Kier molecular flexibility index (Phi) is 7.79. The summed E-state index contributed by atoms with van der Waals surface area (Å²) in [5.74, 6) is -0.175. The molecule has 1 fully saturated rings. The summed E-state index contributed by atoms with van der Waals surface area (Å²) in [6, 6.07) is 16.2. The van der Waals surface area contributed by atoms with E-state index in [1.165, 1.54) is 6.08 Å². The Bertz CT molecular complexity index is 969. The van der Waals surface area contributed by atoms with Gasteiger partial charge >= 0.3 is 0 Å². The summed E-state index contributed by atoms with van der Waals surface area (Å²) in [6.45, 7) is 2.96. The van der Waals surface area contributed by atoms with Gasteiger partial charge in [0.2, 0.25) is 0 Å². The SMILES string of the molecule is Cc1ccc(NC(=O)COc2ccc(/C=C(/C#N)C(=O)NCC3CCCO3)cc2)cc1. The lowest BCUT2D eigenvalue weighted by Gasteiger charge is -2.10. The minimum Gasteiger partial charge on any atom is -0.484 e. The quantitative estimate of drug-likeness (QED) is 0.505. The summed E-state index contributed by atoms with van der Waals surface area (Å²) in [7, 11) is 0. The Morgan fingerprint density at radius 3 is 2.58 bits per heavy atom. The Morgan fingerprint density at radius 1 is 1.19 bits per heavy atom. The second kappa shape index (κ2) is 11.0. The van der Waals surface area contributed by atoms with E-state index in [1.807, 2.05) is 37.3 Å². The first-order valence-electron chi connectivity index (χ1n) is 10.1. The molecule has 160 valence electrons. The van der Waals surface area contributed by atoms with Gasteiger partial charge in [-0.15, -0.1) is 0 Å². The van der Waals surface area contributed by atoms with Crippen LogP contribution in [0.3, 0.4) is 0 Å². The number of anilines is 1. The molecule has 2 aromatic rings. The number of benzene rings is 2. The number of hydrogen-bond acceptors (Lipinski definition) is 5. The van der Waals surface area contributed by atoms with Gasteiger partial charge in [0.05, 0.1) is 6.10 Å². The number of aryl methyl sites for hydroxylation is 1. The van der Waals surface area contributed by atoms with Gasteiger partial charge in [-0.2, -0.15) is 5.26 Å². The Morgan fingerprint density at radius 2 is 1.94 bits per heavy atom. The molecule has 1 unspecified atom stereocenters. The standard InChI is InChI=1S/C24H25N3O4/c1-17-4-8-20(9-5-17)27-23(28)16-31-21-10-6-18(7-11-21)13-19(14-25)24(29)26-15-22-3-2-12-30-22/h4-11,13,22H,2-3,12,15-16H2,1H3,(H,26,29)(H,27,28)/b19-13-. The Balaban J connectivity index is 1.49. The molecule has 1 aliphatic rings. The van der Waals surface area contributed by atoms with Crippen LogP contribution in [0.25, 0.3) is 6.08 Å². The van der Waals surface area contributed by atoms with Gasteiger partial charge < -0.3 is 20.1 Å². The van der Waals surface area contributed by atoms with Crippen molar-refractivity contribution >= 4 is 23.6 Å². The van der Waals surface area contributed by atoms with E-state index in [0.717, 1.165) is 18.4 Å². The molecule has 31 heavy (non-hydrogen) atoms. The first kappa shape index (κ1) is 22.1. The van der Waals surface area contributed by atoms with Crippen molar-refractivity contribution in [2.24, 2.45) is 0 Å². The highest BCUT2D eigenvalue weighted by Gasteiger charge is 2.17. The maximum absolute atomic E-state index is 12.2. The van der Waals surface area contributed by atoms with Gasteiger partial charge in [0.25, 0.3) is 11.8 Å². The van der Waals surface area contributed by atoms with E-state index >= 15 is 0 Å². The third-order valence-corrected chi connectivity index (χ3v) is 4.78. The Labute approximate surface area is 181 Å². The number of nitrogens with one attached hydrogen (secondary N) is 2. The average molecular weight is 419 g/mol. The van der Waals surface area contributed by atoms with Crippen LogP contribution in [-0.2, 0) is 14.3 Å². The molecule has 0 saturated carbocycles. The third kappa shape index (κ3) is 6.98. The van der Waals surface area contributed by atoms with E-state index in [2.05, 4.69) is 10.6 Å². The number of nitriles is 1. The molecule has 2 N–H and O–H groups in total. The van der Waals surface area contributed by atoms with Crippen LogP contribution >= 0.6 is 0 Å². The van der Waals surface area contributed by atoms with Crippen LogP contribution in [0.15, 0.2) is 54.1 Å². The van der Waals surface area contributed by atoms with Crippen molar-refractivity contribution in [2.75, 3.05) is 25.1 Å². The molecule has 7 nitrogen and oxygen atoms in total. The summed E-state index contributed by atoms with van der Waals surface area (Å²) in [6.07, 6.45) is 3.43. The molecule has 0 aliphatic carbocycles. The smallest absolute Gasteiger partial charge is 0.262 e. The van der Waals surface area contributed by atoms with E-state index in [1.54, 1.807) is 24.3 Å². The first-order valence-corrected chi connectivity index (χ1v) is 10.1. The second-order valence-electron chi connectivity index (χ2n) is 7.29. The highest BCUT2D eigenvalue weighted by Crippen LogP contribution is 2.16. The van der Waals surface area contributed by atoms with E-state index < -0.39 is 5.91 Å². The summed E-state index contributed by atoms with van der Waals surface area (Å²) in [5, 5.41) is 14.8. The van der Waals surface area contributed by atoms with Gasteiger partial charge in [0.15, 0.2) is 6.61 Å². The van der Waals surface area contributed by atoms with Crippen LogP contribution in [0, 0.1) is 18.3 Å². The topological polar surface area (TPSA) is 100 Å². The van der Waals surface area contributed by atoms with Crippen molar-refractivity contribution in [2.45, 2.75) is 25.9 Å². The zero-order chi connectivity index (χ0) is 22.1. The van der Waals surface area contributed by atoms with Crippen molar-refractivity contribution in [3.63, 3.8) is 0 Å².